The van der Waals surface area contributed by atoms with Gasteiger partial charge in [-0.15, -0.1) is 29.9 Å². The number of aromatic nitrogens is 4. The van der Waals surface area contributed by atoms with Gasteiger partial charge in [-0.05, 0) is 57.8 Å². The zero-order valence-corrected chi connectivity index (χ0v) is 24.6. The van der Waals surface area contributed by atoms with Crippen molar-refractivity contribution in [1.29, 1.82) is 0 Å². The van der Waals surface area contributed by atoms with E-state index in [0.29, 0.717) is 43.7 Å². The first-order chi connectivity index (χ1) is 18.1. The molecular formula is C26H45Cl2N9O2. The van der Waals surface area contributed by atoms with E-state index in [1.807, 2.05) is 6.33 Å². The summed E-state index contributed by atoms with van der Waals surface area (Å²) in [5.74, 6) is 1.45. The van der Waals surface area contributed by atoms with Gasteiger partial charge in [-0.3, -0.25) is 0 Å². The third-order valence-electron chi connectivity index (χ3n) is 8.05. The summed E-state index contributed by atoms with van der Waals surface area (Å²) in [4.78, 5) is 32.1. The molecule has 0 bridgehead atoms. The molecule has 1 saturated heterocycles. The van der Waals surface area contributed by atoms with Crippen LogP contribution in [-0.4, -0.2) is 68.4 Å². The molecule has 2 aliphatic carbocycles. The van der Waals surface area contributed by atoms with Crippen molar-refractivity contribution in [2.24, 2.45) is 5.73 Å². The van der Waals surface area contributed by atoms with Gasteiger partial charge in [0.15, 0.2) is 17.0 Å². The number of hydrogen-bond acceptors (Lipinski definition) is 9. The number of nitrogens with two attached hydrogens (primary N) is 1. The van der Waals surface area contributed by atoms with Gasteiger partial charge in [0.25, 0.3) is 0 Å². The molecule has 0 unspecified atom stereocenters. The van der Waals surface area contributed by atoms with E-state index in [1.54, 1.807) is 5.06 Å². The summed E-state index contributed by atoms with van der Waals surface area (Å²) in [5.41, 5.74) is 7.85. The minimum Gasteiger partial charge on any atom is -0.365 e. The largest absolute Gasteiger partial charge is 0.426 e. The highest BCUT2D eigenvalue weighted by molar-refractivity contribution is 5.86. The van der Waals surface area contributed by atoms with Crippen LogP contribution in [0.5, 0.6) is 0 Å². The Balaban J connectivity index is 0.00000210. The molecule has 0 atom stereocenters. The molecule has 0 aromatic carbocycles. The standard InChI is InChI=1S/C26H43N9O2.2ClH/c1-2-3-14-28-26(36)37-34-15-12-20(13-16-34)30-23-22-24(35(17-29-22)21-6-4-5-7-21)33-25(32-23)31-19-10-8-18(27)9-11-19;;/h17-21H,2-16,27H2,1H3,(H,28,36)(H2,30,31,32,33);2*1H. The third-order valence-corrected chi connectivity index (χ3v) is 8.05. The van der Waals surface area contributed by atoms with Crippen LogP contribution < -0.4 is 21.7 Å². The fourth-order valence-electron chi connectivity index (χ4n) is 5.78. The first-order valence-electron chi connectivity index (χ1n) is 14.3. The van der Waals surface area contributed by atoms with Crippen LogP contribution in [0.2, 0.25) is 0 Å². The Labute approximate surface area is 243 Å². The van der Waals surface area contributed by atoms with Crippen LogP contribution in [0.4, 0.5) is 16.6 Å². The van der Waals surface area contributed by atoms with Crippen molar-refractivity contribution in [3.8, 4) is 0 Å². The van der Waals surface area contributed by atoms with E-state index in [9.17, 15) is 4.79 Å². The van der Waals surface area contributed by atoms with Crippen LogP contribution >= 0.6 is 24.8 Å². The summed E-state index contributed by atoms with van der Waals surface area (Å²) in [6.45, 7) is 4.10. The molecule has 220 valence electrons. The normalized spacial score (nSPS) is 22.6. The molecule has 5 N–H and O–H groups in total. The van der Waals surface area contributed by atoms with Crippen molar-refractivity contribution in [1.82, 2.24) is 29.9 Å². The summed E-state index contributed by atoms with van der Waals surface area (Å²) in [7, 11) is 0. The van der Waals surface area contributed by atoms with Gasteiger partial charge in [0.05, 0.1) is 6.33 Å². The number of nitrogens with zero attached hydrogens (tertiary/aromatic N) is 5. The molecule has 11 nitrogen and oxygen atoms in total. The monoisotopic (exact) mass is 585 g/mol. The number of imidazole rings is 1. The molecule has 39 heavy (non-hydrogen) atoms. The second kappa shape index (κ2) is 15.1. The van der Waals surface area contributed by atoms with Gasteiger partial charge in [-0.25, -0.2) is 9.78 Å². The third kappa shape index (κ3) is 8.22. The Morgan fingerprint density at radius 1 is 1.00 bits per heavy atom. The number of fused-ring (bicyclic) bond motifs is 1. The number of rotatable bonds is 9. The number of piperidine rings is 1. The van der Waals surface area contributed by atoms with Gasteiger partial charge in [0, 0.05) is 43.8 Å². The second-order valence-corrected chi connectivity index (χ2v) is 10.9. The Bertz CT molecular complexity index is 1030. The van der Waals surface area contributed by atoms with Crippen LogP contribution in [0.1, 0.15) is 90.0 Å². The van der Waals surface area contributed by atoms with E-state index in [1.165, 1.54) is 25.7 Å². The highest BCUT2D eigenvalue weighted by atomic mass is 35.5. The predicted molar refractivity (Wildman–Crippen MR) is 159 cm³/mol. The minimum absolute atomic E-state index is 0. The zero-order valence-electron chi connectivity index (χ0n) is 22.9. The van der Waals surface area contributed by atoms with Crippen molar-refractivity contribution >= 4 is 53.8 Å². The maximum atomic E-state index is 12.0. The van der Waals surface area contributed by atoms with Gasteiger partial charge in [0.2, 0.25) is 5.95 Å². The molecule has 1 aliphatic heterocycles. The Morgan fingerprint density at radius 3 is 2.38 bits per heavy atom. The number of unbranched alkanes of at least 4 members (excludes halogenated alkanes) is 1. The van der Waals surface area contributed by atoms with E-state index in [2.05, 4.69) is 27.4 Å². The number of hydrogen-bond donors (Lipinski definition) is 4. The van der Waals surface area contributed by atoms with E-state index in [-0.39, 0.29) is 36.9 Å². The molecule has 2 aromatic rings. The van der Waals surface area contributed by atoms with E-state index < -0.39 is 0 Å². The van der Waals surface area contributed by atoms with Gasteiger partial charge in [-0.2, -0.15) is 9.97 Å². The first kappa shape index (κ1) is 31.4. The van der Waals surface area contributed by atoms with Crippen molar-refractivity contribution in [2.45, 2.75) is 108 Å². The molecule has 3 heterocycles. The number of hydroxylamine groups is 2. The lowest BCUT2D eigenvalue weighted by Gasteiger charge is -2.31. The number of nitrogens with one attached hydrogen (secondary N) is 3. The minimum atomic E-state index is -0.366. The highest BCUT2D eigenvalue weighted by Gasteiger charge is 2.26. The van der Waals surface area contributed by atoms with Crippen molar-refractivity contribution in [2.75, 3.05) is 30.3 Å². The second-order valence-electron chi connectivity index (χ2n) is 10.9. The molecule has 2 saturated carbocycles. The quantitative estimate of drug-likeness (QED) is 0.306. The van der Waals surface area contributed by atoms with Gasteiger partial charge in [-0.1, -0.05) is 26.2 Å². The predicted octanol–water partition coefficient (Wildman–Crippen LogP) is 4.78. The number of carbonyl (C=O) groups is 1. The smallest absolute Gasteiger partial charge is 0.365 e. The molecule has 1 amide bonds. The lowest BCUT2D eigenvalue weighted by Crippen LogP contribution is -2.42. The van der Waals surface area contributed by atoms with Gasteiger partial charge >= 0.3 is 6.09 Å². The van der Waals surface area contributed by atoms with Crippen LogP contribution in [-0.2, 0) is 4.84 Å². The average molecular weight is 587 g/mol. The molecule has 5 rings (SSSR count). The number of carbonyl (C=O) groups excluding carboxylic acids is 1. The fraction of sp³-hybridized carbons (Fsp3) is 0.769. The van der Waals surface area contributed by atoms with Crippen LogP contribution in [0.3, 0.4) is 0 Å². The summed E-state index contributed by atoms with van der Waals surface area (Å²) < 4.78 is 2.25. The fourth-order valence-corrected chi connectivity index (χ4v) is 5.78. The molecule has 0 radical (unpaired) electrons. The number of anilines is 2. The molecule has 0 spiro atoms. The number of amides is 1. The van der Waals surface area contributed by atoms with Gasteiger partial charge in [0.1, 0.15) is 0 Å². The molecule has 2 aromatic heterocycles. The van der Waals surface area contributed by atoms with Crippen LogP contribution in [0.25, 0.3) is 11.2 Å². The summed E-state index contributed by atoms with van der Waals surface area (Å²) in [5, 5.41) is 11.8. The number of halogens is 2. The van der Waals surface area contributed by atoms with E-state index >= 15 is 0 Å². The Hall–Kier alpha value is -2.08. The van der Waals surface area contributed by atoms with Crippen molar-refractivity contribution in [3.63, 3.8) is 0 Å². The maximum absolute atomic E-state index is 12.0. The van der Waals surface area contributed by atoms with E-state index in [0.717, 1.165) is 68.3 Å². The SMILES string of the molecule is CCCCNC(=O)ON1CCC(Nc2nc(NC3CCC(N)CC3)nc3c2ncn3C2CCCC2)CC1.Cl.Cl. The molecule has 3 fully saturated rings. The molecule has 13 heteroatoms. The summed E-state index contributed by atoms with van der Waals surface area (Å²) in [6.07, 6.45) is 14.3. The molecular weight excluding hydrogens is 541 g/mol. The van der Waals surface area contributed by atoms with Crippen LogP contribution in [0.15, 0.2) is 6.33 Å². The summed E-state index contributed by atoms with van der Waals surface area (Å²) >= 11 is 0. The Morgan fingerprint density at radius 2 is 1.69 bits per heavy atom. The van der Waals surface area contributed by atoms with E-state index in [4.69, 9.17) is 25.5 Å². The van der Waals surface area contributed by atoms with Crippen LogP contribution in [0, 0.1) is 0 Å². The van der Waals surface area contributed by atoms with Crippen molar-refractivity contribution in [3.05, 3.63) is 6.33 Å². The lowest BCUT2D eigenvalue weighted by molar-refractivity contribution is -0.112. The topological polar surface area (TPSA) is 135 Å². The lowest BCUT2D eigenvalue weighted by atomic mass is 9.92. The summed E-state index contributed by atoms with van der Waals surface area (Å²) in [6, 6.07) is 1.33. The van der Waals surface area contributed by atoms with Crippen molar-refractivity contribution < 1.29 is 9.63 Å². The molecule has 3 aliphatic rings. The zero-order chi connectivity index (χ0) is 25.6. The average Bonchev–Trinajstić information content (AvgIpc) is 3.57. The highest BCUT2D eigenvalue weighted by Crippen LogP contribution is 2.34. The Kier molecular flexibility index (Phi) is 12.1. The van der Waals surface area contributed by atoms with Gasteiger partial charge < -0.3 is 31.1 Å². The maximum Gasteiger partial charge on any atom is 0.426 e. The first-order valence-corrected chi connectivity index (χ1v) is 14.3.